The van der Waals surface area contributed by atoms with E-state index in [4.69, 9.17) is 4.42 Å². The highest BCUT2D eigenvalue weighted by molar-refractivity contribution is 5.83. The molecule has 3 rings (SSSR count). The van der Waals surface area contributed by atoms with Gasteiger partial charge < -0.3 is 4.42 Å². The maximum absolute atomic E-state index is 10.9. The number of benzene rings is 2. The fraction of sp³-hybridized carbons (Fsp3) is 0.100. The zero-order valence-electron chi connectivity index (χ0n) is 15.6. The molecule has 0 bridgehead atoms. The molecule has 0 N–H and O–H groups in total. The SMILES string of the molecule is Cc1cc(C)cc(N=Cc2ccc(C=Nc3cc([N+](=O)[O-])cc([N+](=O)[O-])c3)o2)c1. The van der Waals surface area contributed by atoms with E-state index in [1.165, 1.54) is 6.21 Å². The molecule has 3 aromatic rings. The second-order valence-electron chi connectivity index (χ2n) is 6.32. The van der Waals surface area contributed by atoms with Crippen LogP contribution in [-0.4, -0.2) is 22.3 Å². The smallest absolute Gasteiger partial charge is 0.278 e. The number of nitro benzene ring substituents is 2. The predicted octanol–water partition coefficient (Wildman–Crippen LogP) is 5.21. The molecular weight excluding hydrogens is 376 g/mol. The normalized spacial score (nSPS) is 11.4. The van der Waals surface area contributed by atoms with Crippen LogP contribution in [0.2, 0.25) is 0 Å². The summed E-state index contributed by atoms with van der Waals surface area (Å²) in [5.74, 6) is 0.872. The molecule has 0 fully saturated rings. The van der Waals surface area contributed by atoms with Crippen LogP contribution in [0.25, 0.3) is 0 Å². The van der Waals surface area contributed by atoms with E-state index in [0.717, 1.165) is 35.0 Å². The van der Waals surface area contributed by atoms with Crippen molar-refractivity contribution in [2.24, 2.45) is 9.98 Å². The minimum Gasteiger partial charge on any atom is -0.454 e. The van der Waals surface area contributed by atoms with Crippen LogP contribution in [0.15, 0.2) is 62.9 Å². The molecule has 9 nitrogen and oxygen atoms in total. The van der Waals surface area contributed by atoms with Gasteiger partial charge in [0, 0.05) is 12.1 Å². The average molecular weight is 392 g/mol. The Kier molecular flexibility index (Phi) is 5.59. The fourth-order valence-electron chi connectivity index (χ4n) is 2.67. The highest BCUT2D eigenvalue weighted by Crippen LogP contribution is 2.27. The average Bonchev–Trinajstić information content (AvgIpc) is 3.11. The Balaban J connectivity index is 1.79. The van der Waals surface area contributed by atoms with E-state index >= 15 is 0 Å². The number of nitrogens with zero attached hydrogens (tertiary/aromatic N) is 4. The van der Waals surface area contributed by atoms with E-state index in [9.17, 15) is 20.2 Å². The second kappa shape index (κ2) is 8.26. The summed E-state index contributed by atoms with van der Waals surface area (Å²) in [7, 11) is 0. The van der Waals surface area contributed by atoms with E-state index in [1.54, 1.807) is 18.3 Å². The Labute approximate surface area is 165 Å². The van der Waals surface area contributed by atoms with Crippen molar-refractivity contribution in [3.05, 3.63) is 91.4 Å². The molecule has 0 saturated heterocycles. The standard InChI is InChI=1S/C20H16N4O5/c1-13-5-14(2)7-15(6-13)21-11-19-3-4-20(29-19)12-22-16-8-17(23(25)26)10-18(9-16)24(27)28/h3-12H,1-2H3. The van der Waals surface area contributed by atoms with Crippen molar-refractivity contribution in [3.8, 4) is 0 Å². The first-order chi connectivity index (χ1) is 13.8. The highest BCUT2D eigenvalue weighted by atomic mass is 16.6. The molecule has 0 unspecified atom stereocenters. The maximum Gasteiger partial charge on any atom is 0.278 e. The van der Waals surface area contributed by atoms with E-state index in [-0.39, 0.29) is 5.69 Å². The van der Waals surface area contributed by atoms with Crippen LogP contribution in [0.5, 0.6) is 0 Å². The first-order valence-corrected chi connectivity index (χ1v) is 8.50. The molecule has 0 amide bonds. The fourth-order valence-corrected chi connectivity index (χ4v) is 2.67. The van der Waals surface area contributed by atoms with Gasteiger partial charge in [-0.25, -0.2) is 0 Å². The van der Waals surface area contributed by atoms with Crippen LogP contribution in [-0.2, 0) is 0 Å². The molecule has 0 atom stereocenters. The molecule has 0 aliphatic carbocycles. The first-order valence-electron chi connectivity index (χ1n) is 8.50. The quantitative estimate of drug-likeness (QED) is 0.323. The Morgan fingerprint density at radius 1 is 0.759 bits per heavy atom. The summed E-state index contributed by atoms with van der Waals surface area (Å²) in [6.45, 7) is 3.98. The third-order valence-corrected chi connectivity index (χ3v) is 3.84. The van der Waals surface area contributed by atoms with Gasteiger partial charge in [-0.05, 0) is 49.2 Å². The lowest BCUT2D eigenvalue weighted by Crippen LogP contribution is -1.92. The highest BCUT2D eigenvalue weighted by Gasteiger charge is 2.16. The minimum absolute atomic E-state index is 0.0766. The van der Waals surface area contributed by atoms with Gasteiger partial charge in [0.15, 0.2) is 0 Å². The van der Waals surface area contributed by atoms with Crippen molar-refractivity contribution in [1.82, 2.24) is 0 Å². The largest absolute Gasteiger partial charge is 0.454 e. The molecule has 1 aromatic heterocycles. The lowest BCUT2D eigenvalue weighted by Gasteiger charge is -1.98. The number of aryl methyl sites for hydroxylation is 2. The van der Waals surface area contributed by atoms with Gasteiger partial charge in [-0.2, -0.15) is 0 Å². The third-order valence-electron chi connectivity index (χ3n) is 3.84. The van der Waals surface area contributed by atoms with Gasteiger partial charge in [0.1, 0.15) is 11.5 Å². The van der Waals surface area contributed by atoms with Crippen LogP contribution in [0.4, 0.5) is 22.7 Å². The Hall–Kier alpha value is -4.14. The topological polar surface area (TPSA) is 124 Å². The molecule has 0 saturated carbocycles. The Morgan fingerprint density at radius 3 is 1.66 bits per heavy atom. The summed E-state index contributed by atoms with van der Waals surface area (Å²) in [6.07, 6.45) is 2.90. The monoisotopic (exact) mass is 392 g/mol. The number of hydrogen-bond donors (Lipinski definition) is 0. The van der Waals surface area contributed by atoms with Crippen LogP contribution < -0.4 is 0 Å². The van der Waals surface area contributed by atoms with Crippen molar-refractivity contribution in [3.63, 3.8) is 0 Å². The van der Waals surface area contributed by atoms with Crippen molar-refractivity contribution in [1.29, 1.82) is 0 Å². The van der Waals surface area contributed by atoms with E-state index in [0.29, 0.717) is 11.5 Å². The van der Waals surface area contributed by atoms with Crippen molar-refractivity contribution in [2.45, 2.75) is 13.8 Å². The Bertz CT molecular complexity index is 1100. The Morgan fingerprint density at radius 2 is 1.21 bits per heavy atom. The van der Waals surface area contributed by atoms with Gasteiger partial charge in [-0.1, -0.05) is 6.07 Å². The number of furan rings is 1. The molecule has 146 valence electrons. The van der Waals surface area contributed by atoms with Crippen LogP contribution in [0.1, 0.15) is 22.6 Å². The van der Waals surface area contributed by atoms with Gasteiger partial charge >= 0.3 is 0 Å². The number of nitro groups is 2. The van der Waals surface area contributed by atoms with Gasteiger partial charge in [0.2, 0.25) is 0 Å². The number of hydrogen-bond acceptors (Lipinski definition) is 7. The summed E-state index contributed by atoms with van der Waals surface area (Å²) in [6, 6.07) is 12.5. The summed E-state index contributed by atoms with van der Waals surface area (Å²) in [4.78, 5) is 28.9. The molecule has 29 heavy (non-hydrogen) atoms. The van der Waals surface area contributed by atoms with Gasteiger partial charge in [0.05, 0.1) is 39.7 Å². The first kappa shape index (κ1) is 19.6. The number of aliphatic imine (C=N–C) groups is 2. The van der Waals surface area contributed by atoms with Crippen molar-refractivity contribution < 1.29 is 14.3 Å². The van der Waals surface area contributed by atoms with Crippen molar-refractivity contribution >= 4 is 35.2 Å². The van der Waals surface area contributed by atoms with E-state index < -0.39 is 21.2 Å². The van der Waals surface area contributed by atoms with Crippen LogP contribution in [0, 0.1) is 34.1 Å². The van der Waals surface area contributed by atoms with Crippen molar-refractivity contribution in [2.75, 3.05) is 0 Å². The van der Waals surface area contributed by atoms with Crippen LogP contribution in [0.3, 0.4) is 0 Å². The van der Waals surface area contributed by atoms with Gasteiger partial charge in [0.25, 0.3) is 11.4 Å². The summed E-state index contributed by atoms with van der Waals surface area (Å²) < 4.78 is 5.58. The van der Waals surface area contributed by atoms with Gasteiger partial charge in [-0.15, -0.1) is 0 Å². The number of rotatable bonds is 6. The summed E-state index contributed by atoms with van der Waals surface area (Å²) in [5.41, 5.74) is 2.27. The molecule has 0 radical (unpaired) electrons. The second-order valence-corrected chi connectivity index (χ2v) is 6.32. The molecule has 0 aliphatic heterocycles. The zero-order valence-corrected chi connectivity index (χ0v) is 15.6. The number of non-ortho nitro benzene ring substituents is 2. The molecule has 0 aliphatic rings. The molecule has 2 aromatic carbocycles. The molecule has 1 heterocycles. The summed E-state index contributed by atoms with van der Waals surface area (Å²) >= 11 is 0. The molecular formula is C20H16N4O5. The maximum atomic E-state index is 10.9. The minimum atomic E-state index is -0.708. The van der Waals surface area contributed by atoms with Crippen LogP contribution >= 0.6 is 0 Å². The van der Waals surface area contributed by atoms with E-state index in [2.05, 4.69) is 16.1 Å². The van der Waals surface area contributed by atoms with E-state index in [1.807, 2.05) is 26.0 Å². The lowest BCUT2D eigenvalue weighted by molar-refractivity contribution is -0.394. The molecule has 0 spiro atoms. The lowest BCUT2D eigenvalue weighted by atomic mass is 10.1. The van der Waals surface area contributed by atoms with Gasteiger partial charge in [-0.3, -0.25) is 30.2 Å². The summed E-state index contributed by atoms with van der Waals surface area (Å²) in [5, 5.41) is 21.9. The molecule has 9 heteroatoms. The zero-order chi connectivity index (χ0) is 21.0. The third kappa shape index (κ3) is 5.19. The predicted molar refractivity (Wildman–Crippen MR) is 109 cm³/mol.